The maximum Gasteiger partial charge on any atom is 0.511 e. The van der Waals surface area contributed by atoms with E-state index in [4.69, 9.17) is 9.84 Å². The van der Waals surface area contributed by atoms with Crippen LogP contribution in [0.4, 0.5) is 19.3 Å². The minimum Gasteiger partial charge on any atom is -0.466 e. The molecule has 0 saturated carbocycles. The quantitative estimate of drug-likeness (QED) is 0.0628. The number of esters is 1. The van der Waals surface area contributed by atoms with Crippen molar-refractivity contribution in [1.82, 2.24) is 4.90 Å². The molecule has 10 nitrogen and oxygen atoms in total. The van der Waals surface area contributed by atoms with Crippen molar-refractivity contribution in [3.05, 3.63) is 82.4 Å². The van der Waals surface area contributed by atoms with E-state index in [2.05, 4.69) is 4.74 Å². The summed E-state index contributed by atoms with van der Waals surface area (Å²) >= 11 is 0. The van der Waals surface area contributed by atoms with Gasteiger partial charge in [0.25, 0.3) is 11.6 Å². The van der Waals surface area contributed by atoms with Gasteiger partial charge < -0.3 is 19.5 Å². The van der Waals surface area contributed by atoms with E-state index in [0.29, 0.717) is 32.4 Å². The molecular weight excluding hydrogens is 554 g/mol. The number of allylic oxidation sites excluding steroid dienone is 1. The average Bonchev–Trinajstić information content (AvgIpc) is 3.30. The number of halogens is 2. The van der Waals surface area contributed by atoms with Crippen molar-refractivity contribution in [3.63, 3.8) is 0 Å². The Hall–Kier alpha value is -4.35. The zero-order valence-electron chi connectivity index (χ0n) is 23.5. The Kier molecular flexibility index (Phi) is 14.1. The van der Waals surface area contributed by atoms with Gasteiger partial charge in [0.05, 0.1) is 17.6 Å². The Balaban J connectivity index is 0.000000395. The van der Waals surface area contributed by atoms with Crippen LogP contribution in [0.25, 0.3) is 0 Å². The Morgan fingerprint density at radius 3 is 2.38 bits per heavy atom. The van der Waals surface area contributed by atoms with Crippen molar-refractivity contribution in [1.29, 1.82) is 0 Å². The number of amides is 1. The summed E-state index contributed by atoms with van der Waals surface area (Å²) in [6, 6.07) is 12.5. The SMILES string of the molecule is CCOC(=O)CCCCCCN1C(=O)CCC1/C=C/CC(F)(F)c1ccccc1.O=C(O)Oc1ccc([N+](=O)[O-])cc1. The zero-order chi connectivity index (χ0) is 31.0. The van der Waals surface area contributed by atoms with Crippen LogP contribution in [-0.4, -0.2) is 52.2 Å². The number of hydrogen-bond acceptors (Lipinski definition) is 7. The van der Waals surface area contributed by atoms with Crippen molar-refractivity contribution in [2.45, 2.75) is 70.3 Å². The first-order valence-corrected chi connectivity index (χ1v) is 13.7. The van der Waals surface area contributed by atoms with Gasteiger partial charge in [0.15, 0.2) is 0 Å². The number of unbranched alkanes of at least 4 members (excludes halogenated alkanes) is 3. The van der Waals surface area contributed by atoms with Crippen molar-refractivity contribution in [3.8, 4) is 5.75 Å². The van der Waals surface area contributed by atoms with Gasteiger partial charge in [-0.2, -0.15) is 0 Å². The molecule has 42 heavy (non-hydrogen) atoms. The van der Waals surface area contributed by atoms with Crippen LogP contribution in [0.3, 0.4) is 0 Å². The molecule has 1 saturated heterocycles. The highest BCUT2D eigenvalue weighted by Crippen LogP contribution is 2.32. The van der Waals surface area contributed by atoms with Gasteiger partial charge in [0.2, 0.25) is 5.91 Å². The number of nitrogens with zero attached hydrogens (tertiary/aromatic N) is 2. The van der Waals surface area contributed by atoms with E-state index in [1.165, 1.54) is 30.3 Å². The standard InChI is InChI=1S/C23H31F2NO3.C7H5NO5/c1-2-29-22(28)14-8-3-4-9-18-26-20(15-16-21(26)27)13-10-17-23(24,25)19-11-6-5-7-12-19;9-7(10)13-6-3-1-5(2-4-6)8(11)12/h5-7,10-13,20H,2-4,8-9,14-18H2,1H3;1-4H,(H,9,10)/b13-10+;. The van der Waals surface area contributed by atoms with E-state index in [0.717, 1.165) is 37.8 Å². The first-order chi connectivity index (χ1) is 20.0. The number of alkyl halides is 2. The average molecular weight is 591 g/mol. The zero-order valence-corrected chi connectivity index (χ0v) is 23.5. The molecule has 1 atom stereocenters. The second-order valence-electron chi connectivity index (χ2n) is 9.48. The molecule has 0 bridgehead atoms. The van der Waals surface area contributed by atoms with Gasteiger partial charge in [-0.1, -0.05) is 55.3 Å². The summed E-state index contributed by atoms with van der Waals surface area (Å²) in [5.41, 5.74) is -0.107. The van der Waals surface area contributed by atoms with Gasteiger partial charge in [-0.25, -0.2) is 13.6 Å². The number of ether oxygens (including phenoxy) is 2. The number of carboxylic acid groups (broad SMARTS) is 1. The van der Waals surface area contributed by atoms with Crippen LogP contribution in [0.1, 0.15) is 63.9 Å². The number of likely N-dealkylation sites (tertiary alicyclic amines) is 1. The first-order valence-electron chi connectivity index (χ1n) is 13.7. The molecule has 1 fully saturated rings. The normalized spacial score (nSPS) is 14.8. The number of carbonyl (C=O) groups is 3. The molecule has 3 rings (SSSR count). The third-order valence-corrected chi connectivity index (χ3v) is 6.39. The van der Waals surface area contributed by atoms with Gasteiger partial charge >= 0.3 is 12.1 Å². The summed E-state index contributed by atoms with van der Waals surface area (Å²) in [6.45, 7) is 2.82. The highest BCUT2D eigenvalue weighted by atomic mass is 19.3. The number of carbonyl (C=O) groups excluding carboxylic acids is 2. The predicted octanol–water partition coefficient (Wildman–Crippen LogP) is 6.88. The highest BCUT2D eigenvalue weighted by Gasteiger charge is 2.31. The van der Waals surface area contributed by atoms with Crippen molar-refractivity contribution in [2.24, 2.45) is 0 Å². The minimum absolute atomic E-state index is 0.00632. The van der Waals surface area contributed by atoms with Gasteiger partial charge in [0.1, 0.15) is 5.75 Å². The number of nitro groups is 1. The lowest BCUT2D eigenvalue weighted by atomic mass is 10.0. The second-order valence-corrected chi connectivity index (χ2v) is 9.48. The molecule has 1 unspecified atom stereocenters. The highest BCUT2D eigenvalue weighted by molar-refractivity contribution is 5.79. The molecule has 2 aromatic carbocycles. The molecule has 1 aliphatic rings. The van der Waals surface area contributed by atoms with Crippen LogP contribution in [0.15, 0.2) is 66.7 Å². The molecule has 0 aromatic heterocycles. The molecule has 0 radical (unpaired) electrons. The lowest BCUT2D eigenvalue weighted by molar-refractivity contribution is -0.384. The van der Waals surface area contributed by atoms with Crippen LogP contribution in [0.5, 0.6) is 5.75 Å². The summed E-state index contributed by atoms with van der Waals surface area (Å²) in [7, 11) is 0. The lowest BCUT2D eigenvalue weighted by Gasteiger charge is -2.22. The fourth-order valence-corrected chi connectivity index (χ4v) is 4.29. The van der Waals surface area contributed by atoms with Gasteiger partial charge in [-0.3, -0.25) is 19.7 Å². The predicted molar refractivity (Wildman–Crippen MR) is 150 cm³/mol. The number of hydrogen-bond donors (Lipinski definition) is 1. The number of non-ortho nitro benzene ring substituents is 1. The van der Waals surface area contributed by atoms with Crippen molar-refractivity contribution < 1.29 is 42.7 Å². The molecule has 0 aliphatic carbocycles. The molecule has 228 valence electrons. The van der Waals surface area contributed by atoms with E-state index < -0.39 is 17.0 Å². The van der Waals surface area contributed by atoms with Crippen LogP contribution in [0, 0.1) is 10.1 Å². The Bertz CT molecular complexity index is 1190. The minimum atomic E-state index is -2.91. The summed E-state index contributed by atoms with van der Waals surface area (Å²) in [4.78, 5) is 44.9. The number of rotatable bonds is 14. The summed E-state index contributed by atoms with van der Waals surface area (Å²) in [5.74, 6) is -2.94. The first kappa shape index (κ1) is 33.9. The van der Waals surface area contributed by atoms with Crippen LogP contribution in [0.2, 0.25) is 0 Å². The monoisotopic (exact) mass is 590 g/mol. The van der Waals surface area contributed by atoms with Crippen LogP contribution < -0.4 is 4.74 Å². The van der Waals surface area contributed by atoms with Crippen molar-refractivity contribution >= 4 is 23.7 Å². The molecule has 0 spiro atoms. The lowest BCUT2D eigenvalue weighted by Crippen LogP contribution is -2.32. The Morgan fingerprint density at radius 2 is 1.76 bits per heavy atom. The summed E-state index contributed by atoms with van der Waals surface area (Å²) < 4.78 is 37.7. The maximum absolute atomic E-state index is 14.3. The molecule has 1 aliphatic heterocycles. The third kappa shape index (κ3) is 12.0. The van der Waals surface area contributed by atoms with Crippen molar-refractivity contribution in [2.75, 3.05) is 13.2 Å². The van der Waals surface area contributed by atoms with Gasteiger partial charge in [-0.15, -0.1) is 0 Å². The van der Waals surface area contributed by atoms with Crippen LogP contribution in [-0.2, 0) is 20.2 Å². The molecule has 1 amide bonds. The molecule has 2 aromatic rings. The third-order valence-electron chi connectivity index (χ3n) is 6.39. The second kappa shape index (κ2) is 17.5. The summed E-state index contributed by atoms with van der Waals surface area (Å²) in [5, 5.41) is 18.4. The van der Waals surface area contributed by atoms with E-state index in [9.17, 15) is 33.3 Å². The topological polar surface area (TPSA) is 136 Å². The fraction of sp³-hybridized carbons (Fsp3) is 0.433. The largest absolute Gasteiger partial charge is 0.511 e. The van der Waals surface area contributed by atoms with E-state index in [-0.39, 0.29) is 41.3 Å². The molecule has 1 heterocycles. The summed E-state index contributed by atoms with van der Waals surface area (Å²) in [6.07, 6.45) is 6.46. The Labute approximate surface area is 243 Å². The Morgan fingerprint density at radius 1 is 1.10 bits per heavy atom. The van der Waals surface area contributed by atoms with Gasteiger partial charge in [-0.05, 0) is 38.3 Å². The van der Waals surface area contributed by atoms with Crippen LogP contribution >= 0.6 is 0 Å². The fourth-order valence-electron chi connectivity index (χ4n) is 4.29. The van der Waals surface area contributed by atoms with Gasteiger partial charge in [0, 0.05) is 43.5 Å². The smallest absolute Gasteiger partial charge is 0.466 e. The molecular formula is C30H36F2N2O8. The van der Waals surface area contributed by atoms with E-state index in [1.807, 2.05) is 0 Å². The number of nitro benzene ring substituents is 1. The number of benzene rings is 2. The van der Waals surface area contributed by atoms with E-state index in [1.54, 1.807) is 36.1 Å². The maximum atomic E-state index is 14.3. The molecule has 12 heteroatoms. The van der Waals surface area contributed by atoms with E-state index >= 15 is 0 Å². The molecule has 1 N–H and O–H groups in total.